The van der Waals surface area contributed by atoms with Crippen molar-refractivity contribution in [1.82, 2.24) is 4.90 Å². The largest absolute Gasteiger partial charge is 0.506 e. The summed E-state index contributed by atoms with van der Waals surface area (Å²) >= 11 is 0. The number of nitrogens with one attached hydrogen (secondary N) is 1. The van der Waals surface area contributed by atoms with E-state index in [4.69, 9.17) is 4.74 Å². The van der Waals surface area contributed by atoms with Gasteiger partial charge in [0.15, 0.2) is 0 Å². The summed E-state index contributed by atoms with van der Waals surface area (Å²) in [6, 6.07) is 12.3. The average Bonchev–Trinajstić information content (AvgIpc) is 2.74. The van der Waals surface area contributed by atoms with Crippen molar-refractivity contribution in [2.24, 2.45) is 0 Å². The Morgan fingerprint density at radius 3 is 2.78 bits per heavy atom. The SMILES string of the molecule is COc1cccc(N2CCN(CCc3ccc(O)c4c3CCCN4)CC2)c1. The first kappa shape index (κ1) is 18.0. The van der Waals surface area contributed by atoms with E-state index >= 15 is 0 Å². The average molecular weight is 367 g/mol. The molecule has 2 aromatic carbocycles. The lowest BCUT2D eigenvalue weighted by atomic mass is 9.95. The molecule has 4 rings (SSSR count). The van der Waals surface area contributed by atoms with Crippen LogP contribution in [0.1, 0.15) is 17.5 Å². The number of ether oxygens (including phenoxy) is 1. The molecule has 2 heterocycles. The van der Waals surface area contributed by atoms with Crippen LogP contribution in [0, 0.1) is 0 Å². The van der Waals surface area contributed by atoms with Crippen molar-refractivity contribution in [2.45, 2.75) is 19.3 Å². The van der Waals surface area contributed by atoms with Crippen LogP contribution in [0.2, 0.25) is 0 Å². The summed E-state index contributed by atoms with van der Waals surface area (Å²) in [5.41, 5.74) is 4.90. The van der Waals surface area contributed by atoms with E-state index in [9.17, 15) is 5.11 Å². The van der Waals surface area contributed by atoms with E-state index in [2.05, 4.69) is 39.4 Å². The van der Waals surface area contributed by atoms with Crippen LogP contribution in [0.5, 0.6) is 11.5 Å². The minimum absolute atomic E-state index is 0.389. The van der Waals surface area contributed by atoms with Crippen molar-refractivity contribution in [2.75, 3.05) is 56.6 Å². The Bertz CT molecular complexity index is 785. The molecule has 2 aromatic rings. The lowest BCUT2D eigenvalue weighted by Gasteiger charge is -2.36. The van der Waals surface area contributed by atoms with Gasteiger partial charge in [0, 0.05) is 51.0 Å². The van der Waals surface area contributed by atoms with Crippen molar-refractivity contribution >= 4 is 11.4 Å². The van der Waals surface area contributed by atoms with Gasteiger partial charge in [0.25, 0.3) is 0 Å². The van der Waals surface area contributed by atoms with Crippen molar-refractivity contribution in [3.63, 3.8) is 0 Å². The lowest BCUT2D eigenvalue weighted by molar-refractivity contribution is 0.260. The Morgan fingerprint density at radius 2 is 1.96 bits per heavy atom. The van der Waals surface area contributed by atoms with Crippen LogP contribution in [-0.2, 0) is 12.8 Å². The fraction of sp³-hybridized carbons (Fsp3) is 0.455. The zero-order valence-electron chi connectivity index (χ0n) is 16.1. The van der Waals surface area contributed by atoms with E-state index in [0.717, 1.165) is 70.0 Å². The second kappa shape index (κ2) is 8.09. The van der Waals surface area contributed by atoms with Crippen LogP contribution in [0.15, 0.2) is 36.4 Å². The van der Waals surface area contributed by atoms with E-state index in [0.29, 0.717) is 5.75 Å². The molecule has 0 aliphatic carbocycles. The fourth-order valence-corrected chi connectivity index (χ4v) is 4.19. The van der Waals surface area contributed by atoms with Crippen LogP contribution >= 0.6 is 0 Å². The number of fused-ring (bicyclic) bond motifs is 1. The first-order valence-corrected chi connectivity index (χ1v) is 9.93. The van der Waals surface area contributed by atoms with Gasteiger partial charge in [-0.25, -0.2) is 0 Å². The number of nitrogens with zero attached hydrogens (tertiary/aromatic N) is 2. The van der Waals surface area contributed by atoms with Gasteiger partial charge < -0.3 is 20.1 Å². The van der Waals surface area contributed by atoms with E-state index in [1.165, 1.54) is 16.8 Å². The maximum Gasteiger partial charge on any atom is 0.138 e. The summed E-state index contributed by atoms with van der Waals surface area (Å²) < 4.78 is 5.35. The number of phenols is 1. The predicted molar refractivity (Wildman–Crippen MR) is 110 cm³/mol. The van der Waals surface area contributed by atoms with Gasteiger partial charge in [-0.05, 0) is 48.6 Å². The third kappa shape index (κ3) is 3.98. The molecule has 0 amide bonds. The van der Waals surface area contributed by atoms with Crippen LogP contribution in [0.3, 0.4) is 0 Å². The van der Waals surface area contributed by atoms with Gasteiger partial charge in [-0.2, -0.15) is 0 Å². The van der Waals surface area contributed by atoms with Gasteiger partial charge in [0.2, 0.25) is 0 Å². The zero-order chi connectivity index (χ0) is 18.6. The molecule has 0 aromatic heterocycles. The minimum atomic E-state index is 0.389. The van der Waals surface area contributed by atoms with Gasteiger partial charge in [-0.1, -0.05) is 12.1 Å². The number of methoxy groups -OCH3 is 1. The smallest absolute Gasteiger partial charge is 0.138 e. The number of hydrogen-bond donors (Lipinski definition) is 2. The summed E-state index contributed by atoms with van der Waals surface area (Å²) in [6.45, 7) is 6.27. The number of anilines is 2. The number of aromatic hydroxyl groups is 1. The molecule has 0 atom stereocenters. The number of piperazine rings is 1. The lowest BCUT2D eigenvalue weighted by Crippen LogP contribution is -2.47. The highest BCUT2D eigenvalue weighted by Crippen LogP contribution is 2.34. The molecule has 0 bridgehead atoms. The molecule has 1 saturated heterocycles. The van der Waals surface area contributed by atoms with Gasteiger partial charge in [-0.15, -0.1) is 0 Å². The second-order valence-corrected chi connectivity index (χ2v) is 7.41. The summed E-state index contributed by atoms with van der Waals surface area (Å²) in [5, 5.41) is 13.4. The highest BCUT2D eigenvalue weighted by Gasteiger charge is 2.20. The summed E-state index contributed by atoms with van der Waals surface area (Å²) in [6.07, 6.45) is 3.25. The molecule has 0 spiro atoms. The second-order valence-electron chi connectivity index (χ2n) is 7.41. The molecular weight excluding hydrogens is 338 g/mol. The molecule has 5 nitrogen and oxygen atoms in total. The first-order valence-electron chi connectivity index (χ1n) is 9.93. The Hall–Kier alpha value is -2.40. The van der Waals surface area contributed by atoms with E-state index in [1.807, 2.05) is 12.1 Å². The Labute approximate surface area is 161 Å². The molecular formula is C22H29N3O2. The molecule has 2 N–H and O–H groups in total. The molecule has 144 valence electrons. The molecule has 1 fully saturated rings. The van der Waals surface area contributed by atoms with Crippen molar-refractivity contribution < 1.29 is 9.84 Å². The summed E-state index contributed by atoms with van der Waals surface area (Å²) in [7, 11) is 1.72. The van der Waals surface area contributed by atoms with Gasteiger partial charge in [-0.3, -0.25) is 4.90 Å². The molecule has 0 saturated carbocycles. The Morgan fingerprint density at radius 1 is 1.11 bits per heavy atom. The van der Waals surface area contributed by atoms with E-state index in [1.54, 1.807) is 7.11 Å². The summed E-state index contributed by atoms with van der Waals surface area (Å²) in [5.74, 6) is 1.31. The quantitative estimate of drug-likeness (QED) is 0.795. The number of phenolic OH excluding ortho intramolecular Hbond substituents is 1. The molecule has 2 aliphatic heterocycles. The van der Waals surface area contributed by atoms with Crippen LogP contribution in [-0.4, -0.2) is 56.4 Å². The van der Waals surface area contributed by atoms with Crippen molar-refractivity contribution in [1.29, 1.82) is 0 Å². The zero-order valence-corrected chi connectivity index (χ0v) is 16.1. The maximum atomic E-state index is 10.1. The molecule has 0 unspecified atom stereocenters. The topological polar surface area (TPSA) is 48.0 Å². The predicted octanol–water partition coefficient (Wildman–Crippen LogP) is 3.12. The standard InChI is InChI=1S/C22H29N3O2/c1-27-19-5-2-4-18(16-19)25-14-12-24(13-15-25)11-9-17-7-8-21(26)22-20(17)6-3-10-23-22/h2,4-5,7-8,16,23,26H,3,6,9-15H2,1H3. The van der Waals surface area contributed by atoms with Crippen molar-refractivity contribution in [3.05, 3.63) is 47.5 Å². The van der Waals surface area contributed by atoms with Crippen LogP contribution < -0.4 is 15.0 Å². The number of rotatable bonds is 5. The summed E-state index contributed by atoms with van der Waals surface area (Å²) in [4.78, 5) is 4.98. The molecule has 0 radical (unpaired) electrons. The van der Waals surface area contributed by atoms with Crippen LogP contribution in [0.4, 0.5) is 11.4 Å². The molecule has 5 heteroatoms. The molecule has 27 heavy (non-hydrogen) atoms. The van der Waals surface area contributed by atoms with Gasteiger partial charge in [0.05, 0.1) is 12.8 Å². The minimum Gasteiger partial charge on any atom is -0.506 e. The normalized spacial score (nSPS) is 17.3. The first-order chi connectivity index (χ1) is 13.2. The maximum absolute atomic E-state index is 10.1. The number of benzene rings is 2. The van der Waals surface area contributed by atoms with Crippen LogP contribution in [0.25, 0.3) is 0 Å². The van der Waals surface area contributed by atoms with Gasteiger partial charge >= 0.3 is 0 Å². The molecule has 2 aliphatic rings. The third-order valence-corrected chi connectivity index (χ3v) is 5.78. The highest BCUT2D eigenvalue weighted by molar-refractivity contribution is 5.65. The highest BCUT2D eigenvalue weighted by atomic mass is 16.5. The number of hydrogen-bond acceptors (Lipinski definition) is 5. The third-order valence-electron chi connectivity index (χ3n) is 5.78. The fourth-order valence-electron chi connectivity index (χ4n) is 4.19. The Kier molecular flexibility index (Phi) is 5.39. The Balaban J connectivity index is 1.34. The van der Waals surface area contributed by atoms with Gasteiger partial charge in [0.1, 0.15) is 11.5 Å². The van der Waals surface area contributed by atoms with E-state index in [-0.39, 0.29) is 0 Å². The monoisotopic (exact) mass is 367 g/mol. The van der Waals surface area contributed by atoms with Crippen molar-refractivity contribution in [3.8, 4) is 11.5 Å². The van der Waals surface area contributed by atoms with E-state index < -0.39 is 0 Å².